The highest BCUT2D eigenvalue weighted by Gasteiger charge is 1.46. The maximum atomic E-state index is 4.76. The molecule has 6 heavy (non-hydrogen) atoms. The summed E-state index contributed by atoms with van der Waals surface area (Å²) < 4.78 is 0. The Kier molecular flexibility index (Phi) is 27.9. The molecule has 3 heteroatoms. The minimum Gasteiger partial charge on any atom is -0.115 e. The highest BCUT2D eigenvalue weighted by atomic mass is 35.5. The van der Waals surface area contributed by atoms with Crippen LogP contribution in [0.1, 0.15) is 0 Å². The van der Waals surface area contributed by atoms with Gasteiger partial charge in [0.05, 0.1) is 5.34 Å². The topological polar surface area (TPSA) is 0 Å². The molecule has 1 radical (unpaired) electrons. The molecular formula is C3H8AlCl2. The fraction of sp³-hybridized carbons (Fsp3) is 1.00. The van der Waals surface area contributed by atoms with E-state index < -0.39 is 0 Å². The molecule has 0 saturated heterocycles. The van der Waals surface area contributed by atoms with Gasteiger partial charge in [-0.2, -0.15) is 0 Å². The van der Waals surface area contributed by atoms with Gasteiger partial charge in [-0.05, 0) is 0 Å². The summed E-state index contributed by atoms with van der Waals surface area (Å²) in [5.41, 5.74) is 0. The highest BCUT2D eigenvalue weighted by Crippen LogP contribution is 1.73. The molecule has 37 valence electrons. The van der Waals surface area contributed by atoms with Crippen molar-refractivity contribution >= 4 is 38.4 Å². The first-order valence-electron chi connectivity index (χ1n) is 1.69. The fourth-order valence-electron chi connectivity index (χ4n) is 0. The molecule has 0 rings (SSSR count). The average Bonchev–Trinajstić information content (AvgIpc) is 1.39. The van der Waals surface area contributed by atoms with Gasteiger partial charge in [-0.3, -0.25) is 0 Å². The number of rotatable bonds is 0. The zero-order valence-electron chi connectivity index (χ0n) is 4.04. The van der Waals surface area contributed by atoms with E-state index in [1.54, 1.807) is 0 Å². The molecule has 0 bridgehead atoms. The van der Waals surface area contributed by atoms with E-state index in [0.29, 0.717) is 0 Å². The second kappa shape index (κ2) is 16.5. The zero-order chi connectivity index (χ0) is 5.41. The molecule has 0 unspecified atom stereocenters. The van der Waals surface area contributed by atoms with Crippen LogP contribution in [-0.2, 0) is 0 Å². The Morgan fingerprint density at radius 3 is 1.33 bits per heavy atom. The van der Waals surface area contributed by atoms with E-state index in [4.69, 9.17) is 23.2 Å². The maximum absolute atomic E-state index is 4.76. The molecular weight excluding hydrogens is 134 g/mol. The molecule has 0 N–H and O–H groups in total. The van der Waals surface area contributed by atoms with Crippen LogP contribution in [-0.4, -0.2) is 20.6 Å². The van der Waals surface area contributed by atoms with Gasteiger partial charge in [-0.25, -0.2) is 0 Å². The summed E-state index contributed by atoms with van der Waals surface area (Å²) in [6.45, 7) is 0. The van der Waals surface area contributed by atoms with E-state index in [2.05, 4.69) is 11.6 Å². The van der Waals surface area contributed by atoms with Crippen molar-refractivity contribution in [3.63, 3.8) is 0 Å². The van der Waals surface area contributed by atoms with Crippen molar-refractivity contribution in [2.75, 3.05) is 5.34 Å². The van der Waals surface area contributed by atoms with Crippen LogP contribution in [0, 0.1) is 0 Å². The van der Waals surface area contributed by atoms with E-state index in [9.17, 15) is 0 Å². The predicted molar refractivity (Wildman–Crippen MR) is 34.1 cm³/mol. The molecule has 0 aliphatic carbocycles. The first-order chi connectivity index (χ1) is 2.83. The van der Waals surface area contributed by atoms with E-state index in [1.807, 2.05) is 0 Å². The third kappa shape index (κ3) is 69.9. The molecule has 0 nitrogen and oxygen atoms in total. The molecule has 0 aromatic heterocycles. The van der Waals surface area contributed by atoms with Gasteiger partial charge in [0.1, 0.15) is 0 Å². The number of alkyl halides is 2. The monoisotopic (exact) mass is 141 g/mol. The van der Waals surface area contributed by atoms with Gasteiger partial charge in [-0.1, -0.05) is 0 Å². The maximum Gasteiger partial charge on any atom is 0.191 e. The molecule has 0 saturated carbocycles. The van der Waals surface area contributed by atoms with Gasteiger partial charge in [0.2, 0.25) is 0 Å². The van der Waals surface area contributed by atoms with Crippen molar-refractivity contribution in [1.82, 2.24) is 0 Å². The van der Waals surface area contributed by atoms with Crippen LogP contribution in [0.5, 0.6) is 0 Å². The Morgan fingerprint density at radius 2 is 1.33 bits per heavy atom. The number of hydrogen-bond donors (Lipinski definition) is 0. The smallest absolute Gasteiger partial charge is 0.115 e. The lowest BCUT2D eigenvalue weighted by Crippen LogP contribution is -1.53. The van der Waals surface area contributed by atoms with Gasteiger partial charge in [0, 0.05) is 0 Å². The van der Waals surface area contributed by atoms with Gasteiger partial charge in [0.25, 0.3) is 0 Å². The van der Waals surface area contributed by atoms with Crippen LogP contribution in [0.3, 0.4) is 0 Å². The lowest BCUT2D eigenvalue weighted by Gasteiger charge is -1.42. The van der Waals surface area contributed by atoms with E-state index in [1.165, 1.54) is 0 Å². The fourth-order valence-corrected chi connectivity index (χ4v) is 0. The van der Waals surface area contributed by atoms with E-state index >= 15 is 0 Å². The summed E-state index contributed by atoms with van der Waals surface area (Å²) >= 11 is 10.3. The van der Waals surface area contributed by atoms with Crippen molar-refractivity contribution in [3.8, 4) is 0 Å². The first-order valence-corrected chi connectivity index (χ1v) is 5.07. The lowest BCUT2D eigenvalue weighted by molar-refractivity contribution is 2.14. The normalized spacial score (nSPS) is 5.33. The van der Waals surface area contributed by atoms with E-state index in [0.717, 1.165) is 15.2 Å². The van der Waals surface area contributed by atoms with Crippen LogP contribution in [0.4, 0.5) is 0 Å². The molecule has 0 atom stereocenters. The van der Waals surface area contributed by atoms with Crippen LogP contribution >= 0.6 is 23.2 Å². The molecule has 0 fully saturated rings. The zero-order valence-corrected chi connectivity index (χ0v) is 6.71. The summed E-state index contributed by atoms with van der Waals surface area (Å²) in [5, 5.41) is 0.194. The van der Waals surface area contributed by atoms with Crippen molar-refractivity contribution in [3.05, 3.63) is 0 Å². The standard InChI is InChI=1S/CH2Cl2.2CH3.Al/c2-1-3;;;/h1H2;2*1H3;. The van der Waals surface area contributed by atoms with Gasteiger partial charge in [0.15, 0.2) is 15.2 Å². The summed E-state index contributed by atoms with van der Waals surface area (Å²) in [5.74, 6) is 4.42. The van der Waals surface area contributed by atoms with Gasteiger partial charge in [-0.15, -0.1) is 34.8 Å². The minimum absolute atomic E-state index is 0.194. The highest BCUT2D eigenvalue weighted by molar-refractivity contribution is 6.40. The molecule has 0 spiro atoms. The molecule has 0 aromatic rings. The van der Waals surface area contributed by atoms with Crippen LogP contribution in [0.15, 0.2) is 0 Å². The summed E-state index contributed by atoms with van der Waals surface area (Å²) in [4.78, 5) is 0. The number of halogens is 2. The van der Waals surface area contributed by atoms with Crippen molar-refractivity contribution in [2.45, 2.75) is 11.6 Å². The average molecular weight is 142 g/mol. The Morgan fingerprint density at radius 1 is 1.33 bits per heavy atom. The SMILES string of the molecule is ClCCl.[CH3][Al][CH3]. The predicted octanol–water partition coefficient (Wildman–Crippen LogP) is 2.21. The second-order valence-corrected chi connectivity index (χ2v) is 2.64. The van der Waals surface area contributed by atoms with Crippen molar-refractivity contribution < 1.29 is 0 Å². The molecule has 0 aliphatic heterocycles. The Labute approximate surface area is 55.5 Å². The summed E-state index contributed by atoms with van der Waals surface area (Å²) in [7, 11) is 0. The summed E-state index contributed by atoms with van der Waals surface area (Å²) in [6.07, 6.45) is 0. The van der Waals surface area contributed by atoms with Gasteiger partial charge >= 0.3 is 0 Å². The second-order valence-electron chi connectivity index (χ2n) is 0.678. The van der Waals surface area contributed by atoms with Crippen molar-refractivity contribution in [2.24, 2.45) is 0 Å². The number of hydrogen-bond acceptors (Lipinski definition) is 0. The van der Waals surface area contributed by atoms with Crippen LogP contribution in [0.2, 0.25) is 11.6 Å². The quantitative estimate of drug-likeness (QED) is 0.359. The third-order valence-corrected chi connectivity index (χ3v) is 0. The lowest BCUT2D eigenvalue weighted by atomic mass is 11.9. The summed E-state index contributed by atoms with van der Waals surface area (Å²) in [6, 6.07) is 0. The Bertz CT molecular complexity index is 10.8. The van der Waals surface area contributed by atoms with Gasteiger partial charge < -0.3 is 0 Å². The Hall–Kier alpha value is 1.11. The first kappa shape index (κ1) is 10.2. The Balaban J connectivity index is 0. The molecule has 0 amide bonds. The molecule has 0 aromatic carbocycles. The van der Waals surface area contributed by atoms with Crippen LogP contribution < -0.4 is 0 Å². The van der Waals surface area contributed by atoms with E-state index in [-0.39, 0.29) is 5.34 Å². The molecule has 0 aliphatic rings. The van der Waals surface area contributed by atoms with Crippen molar-refractivity contribution in [1.29, 1.82) is 0 Å². The largest absolute Gasteiger partial charge is 0.191 e. The minimum atomic E-state index is 0.194. The third-order valence-electron chi connectivity index (χ3n) is 0. The molecule has 0 heterocycles. The van der Waals surface area contributed by atoms with Crippen LogP contribution in [0.25, 0.3) is 0 Å².